The second kappa shape index (κ2) is 5.43. The monoisotopic (exact) mass is 182 g/mol. The summed E-state index contributed by atoms with van der Waals surface area (Å²) in [5, 5.41) is 9.93. The van der Waals surface area contributed by atoms with Gasteiger partial charge in [-0.05, 0) is 31.1 Å². The summed E-state index contributed by atoms with van der Waals surface area (Å²) in [4.78, 5) is 0. The Bertz CT molecular complexity index is 147. The van der Waals surface area contributed by atoms with Gasteiger partial charge in [-0.25, -0.2) is 0 Å². The Morgan fingerprint density at radius 1 is 1.38 bits per heavy atom. The summed E-state index contributed by atoms with van der Waals surface area (Å²) in [5.74, 6) is 1.02. The van der Waals surface area contributed by atoms with E-state index < -0.39 is 0 Å². The fraction of sp³-hybridized carbons (Fsp3) is 0.833. The lowest BCUT2D eigenvalue weighted by Crippen LogP contribution is -2.24. The summed E-state index contributed by atoms with van der Waals surface area (Å²) >= 11 is 0. The average molecular weight is 182 g/mol. The number of hydrogen-bond acceptors (Lipinski definition) is 1. The van der Waals surface area contributed by atoms with Gasteiger partial charge in [0, 0.05) is 0 Å². The zero-order valence-corrected chi connectivity index (χ0v) is 8.71. The highest BCUT2D eigenvalue weighted by Crippen LogP contribution is 2.29. The van der Waals surface area contributed by atoms with Gasteiger partial charge >= 0.3 is 0 Å². The molecule has 0 spiro atoms. The maximum Gasteiger partial charge on any atom is 0.0573 e. The van der Waals surface area contributed by atoms with Gasteiger partial charge in [-0.15, -0.1) is 6.58 Å². The third-order valence-corrected chi connectivity index (χ3v) is 3.21. The van der Waals surface area contributed by atoms with Crippen LogP contribution in [0.4, 0.5) is 0 Å². The van der Waals surface area contributed by atoms with Crippen LogP contribution in [-0.2, 0) is 0 Å². The van der Waals surface area contributed by atoms with Crippen LogP contribution in [0.3, 0.4) is 0 Å². The lowest BCUT2D eigenvalue weighted by atomic mass is 9.82. The molecule has 13 heavy (non-hydrogen) atoms. The standard InChI is InChI=1S/C12H22O/c1-3-10(2)9-12(13)11-7-5-4-6-8-11/h3,10-13H,1,4-9H2,2H3. The molecule has 0 saturated heterocycles. The minimum atomic E-state index is -0.0895. The topological polar surface area (TPSA) is 20.2 Å². The lowest BCUT2D eigenvalue weighted by Gasteiger charge is -2.27. The number of hydrogen-bond donors (Lipinski definition) is 1. The van der Waals surface area contributed by atoms with Crippen LogP contribution in [0.5, 0.6) is 0 Å². The van der Waals surface area contributed by atoms with E-state index in [0.717, 1.165) is 6.42 Å². The quantitative estimate of drug-likeness (QED) is 0.662. The molecule has 1 heteroatoms. The molecule has 1 nitrogen and oxygen atoms in total. The van der Waals surface area contributed by atoms with Crippen molar-refractivity contribution in [3.05, 3.63) is 12.7 Å². The third kappa shape index (κ3) is 3.51. The Morgan fingerprint density at radius 2 is 2.00 bits per heavy atom. The van der Waals surface area contributed by atoms with Gasteiger partial charge in [0.15, 0.2) is 0 Å². The summed E-state index contributed by atoms with van der Waals surface area (Å²) < 4.78 is 0. The highest BCUT2D eigenvalue weighted by atomic mass is 16.3. The van der Waals surface area contributed by atoms with Crippen LogP contribution in [0.15, 0.2) is 12.7 Å². The van der Waals surface area contributed by atoms with Crippen molar-refractivity contribution in [2.75, 3.05) is 0 Å². The van der Waals surface area contributed by atoms with Crippen LogP contribution < -0.4 is 0 Å². The molecule has 0 aromatic carbocycles. The van der Waals surface area contributed by atoms with Crippen molar-refractivity contribution in [3.8, 4) is 0 Å². The molecule has 1 fully saturated rings. The minimum absolute atomic E-state index is 0.0895. The zero-order chi connectivity index (χ0) is 9.68. The van der Waals surface area contributed by atoms with E-state index >= 15 is 0 Å². The summed E-state index contributed by atoms with van der Waals surface area (Å²) in [6.45, 7) is 5.87. The molecule has 2 atom stereocenters. The second-order valence-corrected chi connectivity index (χ2v) is 4.41. The van der Waals surface area contributed by atoms with Gasteiger partial charge in [0.2, 0.25) is 0 Å². The smallest absolute Gasteiger partial charge is 0.0573 e. The van der Waals surface area contributed by atoms with Crippen molar-refractivity contribution < 1.29 is 5.11 Å². The largest absolute Gasteiger partial charge is 0.393 e. The Balaban J connectivity index is 2.28. The predicted molar refractivity (Wildman–Crippen MR) is 56.6 cm³/mol. The molecule has 1 aliphatic rings. The molecule has 0 heterocycles. The first-order chi connectivity index (χ1) is 6.24. The van der Waals surface area contributed by atoms with Crippen LogP contribution in [-0.4, -0.2) is 11.2 Å². The molecule has 0 aromatic heterocycles. The lowest BCUT2D eigenvalue weighted by molar-refractivity contribution is 0.0694. The van der Waals surface area contributed by atoms with E-state index in [0.29, 0.717) is 11.8 Å². The summed E-state index contributed by atoms with van der Waals surface area (Å²) in [6.07, 6.45) is 9.18. The molecule has 1 rings (SSSR count). The molecule has 0 aromatic rings. The molecule has 1 saturated carbocycles. The van der Waals surface area contributed by atoms with Crippen molar-refractivity contribution in [2.24, 2.45) is 11.8 Å². The number of aliphatic hydroxyl groups excluding tert-OH is 1. The summed E-state index contributed by atoms with van der Waals surface area (Å²) in [5.41, 5.74) is 0. The fourth-order valence-electron chi connectivity index (χ4n) is 2.19. The molecule has 0 aliphatic heterocycles. The van der Waals surface area contributed by atoms with Crippen LogP contribution >= 0.6 is 0 Å². The van der Waals surface area contributed by atoms with E-state index in [1.807, 2.05) is 6.08 Å². The Kier molecular flexibility index (Phi) is 4.51. The van der Waals surface area contributed by atoms with Crippen LogP contribution in [0, 0.1) is 11.8 Å². The number of aliphatic hydroxyl groups is 1. The van der Waals surface area contributed by atoms with Crippen LogP contribution in [0.25, 0.3) is 0 Å². The average Bonchev–Trinajstić information content (AvgIpc) is 2.19. The van der Waals surface area contributed by atoms with E-state index in [1.165, 1.54) is 32.1 Å². The zero-order valence-electron chi connectivity index (χ0n) is 8.71. The highest BCUT2D eigenvalue weighted by Gasteiger charge is 2.22. The van der Waals surface area contributed by atoms with Crippen LogP contribution in [0.1, 0.15) is 45.4 Å². The Morgan fingerprint density at radius 3 is 2.54 bits per heavy atom. The second-order valence-electron chi connectivity index (χ2n) is 4.41. The molecule has 76 valence electrons. The van der Waals surface area contributed by atoms with Crippen molar-refractivity contribution in [1.29, 1.82) is 0 Å². The SMILES string of the molecule is C=CC(C)CC(O)C1CCCCC1. The van der Waals surface area contributed by atoms with Gasteiger partial charge < -0.3 is 5.11 Å². The van der Waals surface area contributed by atoms with Gasteiger partial charge in [0.1, 0.15) is 0 Å². The molecule has 0 radical (unpaired) electrons. The van der Waals surface area contributed by atoms with Crippen LogP contribution in [0.2, 0.25) is 0 Å². The van der Waals surface area contributed by atoms with E-state index in [-0.39, 0.29) is 6.10 Å². The van der Waals surface area contributed by atoms with Gasteiger partial charge in [0.25, 0.3) is 0 Å². The van der Waals surface area contributed by atoms with Crippen molar-refractivity contribution >= 4 is 0 Å². The normalized spacial score (nSPS) is 23.8. The molecular formula is C12H22O. The number of allylic oxidation sites excluding steroid dienone is 1. The first kappa shape index (κ1) is 10.8. The number of rotatable bonds is 4. The maximum absolute atomic E-state index is 9.93. The summed E-state index contributed by atoms with van der Waals surface area (Å²) in [6, 6.07) is 0. The van der Waals surface area contributed by atoms with E-state index in [2.05, 4.69) is 13.5 Å². The van der Waals surface area contributed by atoms with E-state index in [9.17, 15) is 5.11 Å². The van der Waals surface area contributed by atoms with Crippen molar-refractivity contribution in [1.82, 2.24) is 0 Å². The first-order valence-electron chi connectivity index (χ1n) is 5.54. The first-order valence-corrected chi connectivity index (χ1v) is 5.54. The molecule has 1 aliphatic carbocycles. The molecule has 0 bridgehead atoms. The minimum Gasteiger partial charge on any atom is -0.393 e. The van der Waals surface area contributed by atoms with Gasteiger partial charge in [-0.3, -0.25) is 0 Å². The van der Waals surface area contributed by atoms with E-state index in [4.69, 9.17) is 0 Å². The Labute approximate surface area is 81.9 Å². The van der Waals surface area contributed by atoms with Gasteiger partial charge in [-0.2, -0.15) is 0 Å². The fourth-order valence-corrected chi connectivity index (χ4v) is 2.19. The van der Waals surface area contributed by atoms with Gasteiger partial charge in [-0.1, -0.05) is 32.3 Å². The van der Waals surface area contributed by atoms with Crippen molar-refractivity contribution in [2.45, 2.75) is 51.6 Å². The summed E-state index contributed by atoms with van der Waals surface area (Å²) in [7, 11) is 0. The maximum atomic E-state index is 9.93. The van der Waals surface area contributed by atoms with Gasteiger partial charge in [0.05, 0.1) is 6.10 Å². The molecular weight excluding hydrogens is 160 g/mol. The van der Waals surface area contributed by atoms with Crippen molar-refractivity contribution in [3.63, 3.8) is 0 Å². The Hall–Kier alpha value is -0.300. The molecule has 1 N–H and O–H groups in total. The van der Waals surface area contributed by atoms with E-state index in [1.54, 1.807) is 0 Å². The third-order valence-electron chi connectivity index (χ3n) is 3.21. The highest BCUT2D eigenvalue weighted by molar-refractivity contribution is 4.81. The molecule has 2 unspecified atom stereocenters. The predicted octanol–water partition coefficient (Wildman–Crippen LogP) is 3.14. The molecule has 0 amide bonds.